The van der Waals surface area contributed by atoms with Crippen LogP contribution in [-0.4, -0.2) is 35.8 Å². The highest BCUT2D eigenvalue weighted by Gasteiger charge is 2.37. The standard InChI is InChI=1S/C17H22F3N3O2/c1-10(24)22-13-7-11(6-12(8-13)17(18,19)20)15(25)23-5-4-14(21)16(2,3)9-23/h6-8,14H,4-5,9,21H2,1-3H3,(H,22,24). The highest BCUT2D eigenvalue weighted by Crippen LogP contribution is 2.33. The van der Waals surface area contributed by atoms with Crippen LogP contribution in [0.2, 0.25) is 0 Å². The first-order valence-corrected chi connectivity index (χ1v) is 7.95. The Morgan fingerprint density at radius 2 is 1.92 bits per heavy atom. The first-order valence-electron chi connectivity index (χ1n) is 7.95. The average molecular weight is 357 g/mol. The summed E-state index contributed by atoms with van der Waals surface area (Å²) in [7, 11) is 0. The van der Waals surface area contributed by atoms with Crippen molar-refractivity contribution in [1.29, 1.82) is 0 Å². The van der Waals surface area contributed by atoms with Crippen molar-refractivity contribution in [3.63, 3.8) is 0 Å². The van der Waals surface area contributed by atoms with E-state index in [2.05, 4.69) is 5.32 Å². The van der Waals surface area contributed by atoms with Crippen molar-refractivity contribution in [1.82, 2.24) is 4.90 Å². The van der Waals surface area contributed by atoms with Crippen molar-refractivity contribution in [3.05, 3.63) is 29.3 Å². The molecule has 1 atom stereocenters. The van der Waals surface area contributed by atoms with Crippen LogP contribution in [0.15, 0.2) is 18.2 Å². The van der Waals surface area contributed by atoms with Crippen molar-refractivity contribution in [2.45, 2.75) is 39.4 Å². The Morgan fingerprint density at radius 3 is 2.44 bits per heavy atom. The normalized spacial score (nSPS) is 20.3. The van der Waals surface area contributed by atoms with Crippen LogP contribution >= 0.6 is 0 Å². The molecule has 8 heteroatoms. The van der Waals surface area contributed by atoms with Crippen molar-refractivity contribution in [2.75, 3.05) is 18.4 Å². The summed E-state index contributed by atoms with van der Waals surface area (Å²) >= 11 is 0. The molecular weight excluding hydrogens is 335 g/mol. The number of piperidine rings is 1. The van der Waals surface area contributed by atoms with Crippen LogP contribution in [0.4, 0.5) is 18.9 Å². The number of hydrogen-bond acceptors (Lipinski definition) is 3. The van der Waals surface area contributed by atoms with Gasteiger partial charge in [-0.05, 0) is 30.0 Å². The summed E-state index contributed by atoms with van der Waals surface area (Å²) < 4.78 is 39.3. The smallest absolute Gasteiger partial charge is 0.338 e. The number of alkyl halides is 3. The van der Waals surface area contributed by atoms with Crippen molar-refractivity contribution < 1.29 is 22.8 Å². The largest absolute Gasteiger partial charge is 0.416 e. The van der Waals surface area contributed by atoms with E-state index >= 15 is 0 Å². The zero-order chi connectivity index (χ0) is 19.0. The van der Waals surface area contributed by atoms with E-state index in [1.165, 1.54) is 17.9 Å². The second-order valence-corrected chi connectivity index (χ2v) is 7.09. The van der Waals surface area contributed by atoms with Crippen molar-refractivity contribution >= 4 is 17.5 Å². The monoisotopic (exact) mass is 357 g/mol. The number of halogens is 3. The van der Waals surface area contributed by atoms with E-state index in [1.807, 2.05) is 13.8 Å². The maximum atomic E-state index is 13.1. The molecule has 1 aliphatic rings. The molecule has 1 unspecified atom stereocenters. The van der Waals surface area contributed by atoms with Gasteiger partial charge in [0, 0.05) is 37.3 Å². The lowest BCUT2D eigenvalue weighted by atomic mass is 9.79. The van der Waals surface area contributed by atoms with E-state index < -0.39 is 23.6 Å². The van der Waals surface area contributed by atoms with Gasteiger partial charge in [0.1, 0.15) is 0 Å². The molecule has 0 spiro atoms. The number of nitrogens with zero attached hydrogens (tertiary/aromatic N) is 1. The summed E-state index contributed by atoms with van der Waals surface area (Å²) in [5.41, 5.74) is 4.58. The van der Waals surface area contributed by atoms with Gasteiger partial charge in [0.25, 0.3) is 5.91 Å². The van der Waals surface area contributed by atoms with Gasteiger partial charge < -0.3 is 16.0 Å². The van der Waals surface area contributed by atoms with Gasteiger partial charge in [0.15, 0.2) is 0 Å². The molecule has 2 amide bonds. The Hall–Kier alpha value is -2.09. The second-order valence-electron chi connectivity index (χ2n) is 7.09. The molecule has 3 N–H and O–H groups in total. The van der Waals surface area contributed by atoms with Gasteiger partial charge in [-0.15, -0.1) is 0 Å². The van der Waals surface area contributed by atoms with E-state index in [0.717, 1.165) is 12.1 Å². The maximum absolute atomic E-state index is 13.1. The molecular formula is C17H22F3N3O2. The van der Waals surface area contributed by atoms with Crippen LogP contribution in [0.3, 0.4) is 0 Å². The molecule has 1 heterocycles. The SMILES string of the molecule is CC(=O)Nc1cc(C(=O)N2CCC(N)C(C)(C)C2)cc(C(F)(F)F)c1. The minimum atomic E-state index is -4.62. The molecule has 2 rings (SSSR count). The molecule has 0 bridgehead atoms. The Kier molecular flexibility index (Phi) is 5.13. The van der Waals surface area contributed by atoms with E-state index in [-0.39, 0.29) is 22.7 Å². The third kappa shape index (κ3) is 4.50. The number of anilines is 1. The number of benzene rings is 1. The van der Waals surface area contributed by atoms with E-state index in [4.69, 9.17) is 5.73 Å². The maximum Gasteiger partial charge on any atom is 0.416 e. The van der Waals surface area contributed by atoms with Gasteiger partial charge >= 0.3 is 6.18 Å². The zero-order valence-corrected chi connectivity index (χ0v) is 14.4. The summed E-state index contributed by atoms with van der Waals surface area (Å²) in [5, 5.41) is 2.31. The molecule has 1 aromatic rings. The van der Waals surface area contributed by atoms with Gasteiger partial charge in [0.05, 0.1) is 5.56 Å². The summed E-state index contributed by atoms with van der Waals surface area (Å²) in [6.07, 6.45) is -4.04. The Balaban J connectivity index is 2.36. The third-order valence-electron chi connectivity index (χ3n) is 4.43. The van der Waals surface area contributed by atoms with Crippen molar-refractivity contribution in [3.8, 4) is 0 Å². The number of nitrogens with two attached hydrogens (primary N) is 1. The highest BCUT2D eigenvalue weighted by molar-refractivity contribution is 5.97. The van der Waals surface area contributed by atoms with Crippen LogP contribution in [0.5, 0.6) is 0 Å². The number of hydrogen-bond donors (Lipinski definition) is 2. The van der Waals surface area contributed by atoms with E-state index in [9.17, 15) is 22.8 Å². The minimum Gasteiger partial charge on any atom is -0.338 e. The number of likely N-dealkylation sites (tertiary alicyclic amines) is 1. The van der Waals surface area contributed by atoms with Crippen LogP contribution in [-0.2, 0) is 11.0 Å². The predicted octanol–water partition coefficient (Wildman–Crippen LogP) is 2.86. The summed E-state index contributed by atoms with van der Waals surface area (Å²) in [6, 6.07) is 2.82. The molecule has 138 valence electrons. The van der Waals surface area contributed by atoms with E-state index in [0.29, 0.717) is 19.5 Å². The van der Waals surface area contributed by atoms with Crippen molar-refractivity contribution in [2.24, 2.45) is 11.1 Å². The first kappa shape index (κ1) is 19.2. The fourth-order valence-corrected chi connectivity index (χ4v) is 2.92. The number of nitrogens with one attached hydrogen (secondary N) is 1. The molecule has 1 saturated heterocycles. The average Bonchev–Trinajstić information content (AvgIpc) is 2.47. The Bertz CT molecular complexity index is 686. The van der Waals surface area contributed by atoms with Crippen LogP contribution in [0, 0.1) is 5.41 Å². The lowest BCUT2D eigenvalue weighted by Gasteiger charge is -2.42. The molecule has 0 saturated carbocycles. The number of amides is 2. The lowest BCUT2D eigenvalue weighted by molar-refractivity contribution is -0.137. The van der Waals surface area contributed by atoms with Gasteiger partial charge in [-0.1, -0.05) is 13.8 Å². The number of carbonyl (C=O) groups is 2. The molecule has 0 aliphatic carbocycles. The molecule has 5 nitrogen and oxygen atoms in total. The van der Waals surface area contributed by atoms with Gasteiger partial charge in [0.2, 0.25) is 5.91 Å². The molecule has 1 aromatic carbocycles. The highest BCUT2D eigenvalue weighted by atomic mass is 19.4. The Labute approximate surface area is 144 Å². The van der Waals surface area contributed by atoms with Gasteiger partial charge in [-0.25, -0.2) is 0 Å². The van der Waals surface area contributed by atoms with Crippen LogP contribution in [0.25, 0.3) is 0 Å². The fraction of sp³-hybridized carbons (Fsp3) is 0.529. The number of carbonyl (C=O) groups excluding carboxylic acids is 2. The summed E-state index contributed by atoms with van der Waals surface area (Å²) in [6.45, 7) is 5.78. The topological polar surface area (TPSA) is 75.4 Å². The fourth-order valence-electron chi connectivity index (χ4n) is 2.92. The van der Waals surface area contributed by atoms with Crippen LogP contribution in [0.1, 0.15) is 43.1 Å². The third-order valence-corrected chi connectivity index (χ3v) is 4.43. The van der Waals surface area contributed by atoms with Gasteiger partial charge in [-0.2, -0.15) is 13.2 Å². The molecule has 1 fully saturated rings. The molecule has 25 heavy (non-hydrogen) atoms. The van der Waals surface area contributed by atoms with Gasteiger partial charge in [-0.3, -0.25) is 9.59 Å². The molecule has 0 aromatic heterocycles. The van der Waals surface area contributed by atoms with E-state index in [1.54, 1.807) is 0 Å². The molecule has 0 radical (unpaired) electrons. The quantitative estimate of drug-likeness (QED) is 0.855. The lowest BCUT2D eigenvalue weighted by Crippen LogP contribution is -2.54. The second kappa shape index (κ2) is 6.67. The first-order chi connectivity index (χ1) is 11.4. The predicted molar refractivity (Wildman–Crippen MR) is 88.0 cm³/mol. The molecule has 1 aliphatic heterocycles. The number of rotatable bonds is 2. The zero-order valence-electron chi connectivity index (χ0n) is 14.4. The van der Waals surface area contributed by atoms with Crippen LogP contribution < -0.4 is 11.1 Å². The Morgan fingerprint density at radius 1 is 1.28 bits per heavy atom. The minimum absolute atomic E-state index is 0.0568. The summed E-state index contributed by atoms with van der Waals surface area (Å²) in [5.74, 6) is -1.01. The summed E-state index contributed by atoms with van der Waals surface area (Å²) in [4.78, 5) is 25.4.